The maximum absolute atomic E-state index is 14.1. The van der Waals surface area contributed by atoms with E-state index in [1.54, 1.807) is 35.2 Å². The number of aromatic nitrogens is 1. The van der Waals surface area contributed by atoms with Gasteiger partial charge in [-0.2, -0.15) is 13.2 Å². The minimum absolute atomic E-state index is 0.0495. The number of amides is 3. The number of halogens is 4. The minimum Gasteiger partial charge on any atom is -0.436 e. The van der Waals surface area contributed by atoms with E-state index in [0.29, 0.717) is 38.5 Å². The zero-order valence-electron chi connectivity index (χ0n) is 26.7. The molecule has 3 aromatic rings. The van der Waals surface area contributed by atoms with Gasteiger partial charge in [0.2, 0.25) is 5.76 Å². The van der Waals surface area contributed by atoms with Crippen LogP contribution in [0.25, 0.3) is 0 Å². The number of carbonyl (C=O) groups is 2. The number of nitrogens with zero attached hydrogens (tertiary/aromatic N) is 4. The van der Waals surface area contributed by atoms with Crippen LogP contribution in [-0.2, 0) is 16.1 Å². The first-order valence-corrected chi connectivity index (χ1v) is 16.2. The van der Waals surface area contributed by atoms with Crippen LogP contribution in [0, 0.1) is 5.82 Å². The molecule has 10 nitrogen and oxygen atoms in total. The molecule has 0 spiro atoms. The number of hydrogen-bond acceptors (Lipinski definition) is 7. The average Bonchev–Trinajstić information content (AvgIpc) is 3.40. The summed E-state index contributed by atoms with van der Waals surface area (Å²) < 4.78 is 61.9. The molecule has 3 aliphatic heterocycles. The maximum Gasteiger partial charge on any atom is 0.416 e. The van der Waals surface area contributed by atoms with Gasteiger partial charge in [-0.3, -0.25) is 9.69 Å². The molecule has 0 saturated carbocycles. The highest BCUT2D eigenvalue weighted by molar-refractivity contribution is 6.03. The minimum atomic E-state index is -4.76. The summed E-state index contributed by atoms with van der Waals surface area (Å²) in [6.45, 7) is 3.89. The number of pyridine rings is 1. The Hall–Kier alpha value is -5.11. The van der Waals surface area contributed by atoms with E-state index in [0.717, 1.165) is 19.5 Å². The molecule has 258 valence electrons. The topological polar surface area (TPSA) is 102 Å². The first-order valence-electron chi connectivity index (χ1n) is 16.2. The van der Waals surface area contributed by atoms with Crippen LogP contribution in [0.2, 0.25) is 0 Å². The van der Waals surface area contributed by atoms with Gasteiger partial charge in [0, 0.05) is 51.9 Å². The number of rotatable bonds is 8. The Bertz CT molecular complexity index is 1690. The van der Waals surface area contributed by atoms with E-state index in [1.807, 2.05) is 23.1 Å². The largest absolute Gasteiger partial charge is 0.436 e. The molecule has 1 aromatic heterocycles. The van der Waals surface area contributed by atoms with Gasteiger partial charge in [0.25, 0.3) is 5.91 Å². The molecule has 0 aliphatic carbocycles. The van der Waals surface area contributed by atoms with E-state index in [4.69, 9.17) is 4.74 Å². The van der Waals surface area contributed by atoms with E-state index in [2.05, 4.69) is 38.0 Å². The van der Waals surface area contributed by atoms with Gasteiger partial charge >= 0.3 is 12.2 Å². The van der Waals surface area contributed by atoms with Crippen molar-refractivity contribution in [2.45, 2.75) is 38.0 Å². The highest BCUT2D eigenvalue weighted by Gasteiger charge is 2.40. The van der Waals surface area contributed by atoms with Crippen molar-refractivity contribution in [3.63, 3.8) is 0 Å². The van der Waals surface area contributed by atoms with Crippen LogP contribution in [0.1, 0.15) is 24.8 Å². The third kappa shape index (κ3) is 8.68. The van der Waals surface area contributed by atoms with Crippen LogP contribution in [0.4, 0.5) is 39.5 Å². The maximum atomic E-state index is 14.1. The molecule has 0 radical (unpaired) electrons. The fraction of sp³-hybridized carbons (Fsp3) is 0.343. The summed E-state index contributed by atoms with van der Waals surface area (Å²) in [4.78, 5) is 36.1. The van der Waals surface area contributed by atoms with Gasteiger partial charge in [0.05, 0.1) is 23.1 Å². The lowest BCUT2D eigenvalue weighted by Crippen LogP contribution is -2.50. The summed E-state index contributed by atoms with van der Waals surface area (Å²) in [6.07, 6.45) is -1.40. The fourth-order valence-electron chi connectivity index (χ4n) is 6.08. The molecule has 1 unspecified atom stereocenters. The molecule has 49 heavy (non-hydrogen) atoms. The van der Waals surface area contributed by atoms with Crippen molar-refractivity contribution in [2.24, 2.45) is 0 Å². The molecule has 6 rings (SSSR count). The summed E-state index contributed by atoms with van der Waals surface area (Å²) >= 11 is 0. The quantitative estimate of drug-likeness (QED) is 0.257. The van der Waals surface area contributed by atoms with Crippen LogP contribution in [0.15, 0.2) is 96.2 Å². The van der Waals surface area contributed by atoms with E-state index in [9.17, 15) is 27.2 Å². The van der Waals surface area contributed by atoms with Crippen molar-refractivity contribution >= 4 is 29.1 Å². The van der Waals surface area contributed by atoms with Crippen LogP contribution in [-0.4, -0.2) is 78.2 Å². The molecule has 2 aromatic carbocycles. The number of hydrogen-bond donors (Lipinski definition) is 3. The third-order valence-electron chi connectivity index (χ3n) is 8.64. The molecule has 0 bridgehead atoms. The number of benzene rings is 2. The Morgan fingerprint density at radius 1 is 0.918 bits per heavy atom. The number of likely N-dealkylation sites (tertiary alicyclic amines) is 1. The van der Waals surface area contributed by atoms with Gasteiger partial charge < -0.3 is 30.5 Å². The van der Waals surface area contributed by atoms with Gasteiger partial charge in [-0.1, -0.05) is 42.5 Å². The Balaban J connectivity index is 1.04. The van der Waals surface area contributed by atoms with Gasteiger partial charge in [-0.25, -0.2) is 14.2 Å². The Morgan fingerprint density at radius 3 is 2.39 bits per heavy atom. The number of nitrogens with one attached hydrogen (secondary N) is 3. The van der Waals surface area contributed by atoms with Crippen LogP contribution >= 0.6 is 0 Å². The molecule has 3 N–H and O–H groups in total. The van der Waals surface area contributed by atoms with Crippen molar-refractivity contribution in [2.75, 3.05) is 54.8 Å². The second-order valence-corrected chi connectivity index (χ2v) is 12.1. The molecule has 2 fully saturated rings. The number of allylic oxidation sites excluding steroid dienone is 2. The van der Waals surface area contributed by atoms with Crippen molar-refractivity contribution in [3.05, 3.63) is 108 Å². The number of ether oxygens (including phenoxy) is 1. The van der Waals surface area contributed by atoms with Gasteiger partial charge in [-0.15, -0.1) is 0 Å². The van der Waals surface area contributed by atoms with Gasteiger partial charge in [0.15, 0.2) is 5.88 Å². The van der Waals surface area contributed by atoms with E-state index in [-0.39, 0.29) is 29.7 Å². The monoisotopic (exact) mass is 679 g/mol. The SMILES string of the molecule is O=C(Nc1ccc(N2CCN(C(=O)Nc3ccccc3F)CC2)nc1)C1=C(C(F)(F)F)CCC=C(NC2CCN(Cc3ccccc3)C2)O1. The van der Waals surface area contributed by atoms with E-state index < -0.39 is 41.7 Å². The summed E-state index contributed by atoms with van der Waals surface area (Å²) in [5.74, 6) is -1.64. The molecule has 3 aliphatic rings. The Kier molecular flexibility index (Phi) is 10.3. The van der Waals surface area contributed by atoms with Gasteiger partial charge in [-0.05, 0) is 55.2 Å². The molecule has 2 saturated heterocycles. The molecular weight excluding hydrogens is 642 g/mol. The molecule has 1 atom stereocenters. The first-order chi connectivity index (χ1) is 23.6. The summed E-state index contributed by atoms with van der Waals surface area (Å²) in [5, 5.41) is 8.30. The zero-order chi connectivity index (χ0) is 34.4. The smallest absolute Gasteiger partial charge is 0.416 e. The van der Waals surface area contributed by atoms with Crippen molar-refractivity contribution in [1.82, 2.24) is 20.1 Å². The zero-order valence-corrected chi connectivity index (χ0v) is 26.7. The van der Waals surface area contributed by atoms with Crippen LogP contribution in [0.3, 0.4) is 0 Å². The highest BCUT2D eigenvalue weighted by Crippen LogP contribution is 2.35. The van der Waals surface area contributed by atoms with Crippen molar-refractivity contribution in [3.8, 4) is 0 Å². The lowest BCUT2D eigenvalue weighted by Gasteiger charge is -2.35. The standard InChI is InChI=1S/C35H37F4N7O3/c36-28-10-4-5-11-29(28)43-34(48)46-19-17-45(18-20-46)30-14-13-25(21-40-30)42-33(47)32-27(35(37,38)39)9-6-12-31(49-32)41-26-15-16-44(23-26)22-24-7-2-1-3-8-24/h1-5,7-8,10-14,21,26,41H,6,9,15-20,22-23H2,(H,42,47)(H,43,48). The predicted octanol–water partition coefficient (Wildman–Crippen LogP) is 5.85. The Labute approximate surface area is 281 Å². The van der Waals surface area contributed by atoms with E-state index in [1.165, 1.54) is 23.9 Å². The molecule has 3 amide bonds. The highest BCUT2D eigenvalue weighted by atomic mass is 19.4. The normalized spacial score (nSPS) is 18.8. The van der Waals surface area contributed by atoms with Crippen LogP contribution in [0.5, 0.6) is 0 Å². The number of para-hydroxylation sites is 1. The fourth-order valence-corrected chi connectivity index (χ4v) is 6.08. The number of carbonyl (C=O) groups excluding carboxylic acids is 2. The number of anilines is 3. The second-order valence-electron chi connectivity index (χ2n) is 12.1. The third-order valence-corrected chi connectivity index (χ3v) is 8.64. The number of piperazine rings is 1. The Morgan fingerprint density at radius 2 is 1.67 bits per heavy atom. The van der Waals surface area contributed by atoms with Crippen molar-refractivity contribution in [1.29, 1.82) is 0 Å². The molecule has 14 heteroatoms. The summed E-state index contributed by atoms with van der Waals surface area (Å²) in [5.41, 5.74) is 0.447. The number of alkyl halides is 3. The number of urea groups is 1. The average molecular weight is 680 g/mol. The predicted molar refractivity (Wildman–Crippen MR) is 177 cm³/mol. The summed E-state index contributed by atoms with van der Waals surface area (Å²) in [6, 6.07) is 18.7. The van der Waals surface area contributed by atoms with E-state index >= 15 is 0 Å². The van der Waals surface area contributed by atoms with Gasteiger partial charge in [0.1, 0.15) is 11.6 Å². The molecular formula is C35H37F4N7O3. The second kappa shape index (κ2) is 15.0. The lowest BCUT2D eigenvalue weighted by atomic mass is 10.1. The molecule has 4 heterocycles. The van der Waals surface area contributed by atoms with Crippen molar-refractivity contribution < 1.29 is 31.9 Å². The summed E-state index contributed by atoms with van der Waals surface area (Å²) in [7, 11) is 0. The first kappa shape index (κ1) is 33.8. The van der Waals surface area contributed by atoms with Crippen LogP contribution < -0.4 is 20.9 Å². The lowest BCUT2D eigenvalue weighted by molar-refractivity contribution is -0.119.